The van der Waals surface area contributed by atoms with E-state index >= 15 is 0 Å². The highest BCUT2D eigenvalue weighted by atomic mass is 19.4. The van der Waals surface area contributed by atoms with Crippen molar-refractivity contribution in [2.24, 2.45) is 0 Å². The summed E-state index contributed by atoms with van der Waals surface area (Å²) in [7, 11) is 0. The summed E-state index contributed by atoms with van der Waals surface area (Å²) in [6.07, 6.45) is -6.82. The summed E-state index contributed by atoms with van der Waals surface area (Å²) in [5, 5.41) is 2.27. The predicted octanol–water partition coefficient (Wildman–Crippen LogP) is 2.91. The zero-order chi connectivity index (χ0) is 15.3. The molecule has 0 aromatic rings. The van der Waals surface area contributed by atoms with Crippen molar-refractivity contribution < 1.29 is 27.5 Å². The lowest BCUT2D eigenvalue weighted by Gasteiger charge is -2.26. The number of rotatable bonds is 3. The SMILES string of the molecule is CCNC(=O)N(CCC(F)(F)F)C(=O)OC(C)(C)C. The molecule has 0 unspecified atom stereocenters. The Labute approximate surface area is 110 Å². The number of hydrogen-bond donors (Lipinski definition) is 1. The number of halogens is 3. The van der Waals surface area contributed by atoms with Crippen molar-refractivity contribution in [3.05, 3.63) is 0 Å². The largest absolute Gasteiger partial charge is 0.443 e. The van der Waals surface area contributed by atoms with E-state index in [1.807, 2.05) is 0 Å². The van der Waals surface area contributed by atoms with E-state index in [0.29, 0.717) is 4.90 Å². The molecule has 0 saturated heterocycles. The number of imide groups is 1. The molecule has 0 rings (SSSR count). The van der Waals surface area contributed by atoms with Crippen LogP contribution >= 0.6 is 0 Å². The van der Waals surface area contributed by atoms with E-state index in [4.69, 9.17) is 4.74 Å². The van der Waals surface area contributed by atoms with Crippen LogP contribution in [0.25, 0.3) is 0 Å². The smallest absolute Gasteiger partial charge is 0.418 e. The second-order valence-electron chi connectivity index (χ2n) is 4.83. The Morgan fingerprint density at radius 2 is 1.74 bits per heavy atom. The third-order valence-electron chi connectivity index (χ3n) is 1.81. The van der Waals surface area contributed by atoms with Crippen molar-refractivity contribution in [3.8, 4) is 0 Å². The molecule has 0 radical (unpaired) electrons. The maximum Gasteiger partial charge on any atom is 0.418 e. The lowest BCUT2D eigenvalue weighted by Crippen LogP contribution is -2.47. The summed E-state index contributed by atoms with van der Waals surface area (Å²) < 4.78 is 41.4. The molecule has 0 aromatic heterocycles. The Morgan fingerprint density at radius 1 is 1.21 bits per heavy atom. The standard InChI is InChI=1S/C11H19F3N2O3/c1-5-15-8(17)16(7-6-11(12,13)14)9(18)19-10(2,3)4/h5-7H2,1-4H3,(H,15,17). The van der Waals surface area contributed by atoms with Gasteiger partial charge in [-0.15, -0.1) is 0 Å². The molecule has 0 heterocycles. The fraction of sp³-hybridized carbons (Fsp3) is 0.818. The number of urea groups is 1. The zero-order valence-electron chi connectivity index (χ0n) is 11.4. The summed E-state index contributed by atoms with van der Waals surface area (Å²) >= 11 is 0. The van der Waals surface area contributed by atoms with Crippen LogP contribution in [0.5, 0.6) is 0 Å². The van der Waals surface area contributed by atoms with Crippen molar-refractivity contribution in [3.63, 3.8) is 0 Å². The number of carbonyl (C=O) groups excluding carboxylic acids is 2. The van der Waals surface area contributed by atoms with Gasteiger partial charge in [0, 0.05) is 13.1 Å². The van der Waals surface area contributed by atoms with Crippen molar-refractivity contribution in [1.29, 1.82) is 0 Å². The van der Waals surface area contributed by atoms with Crippen LogP contribution in [0, 0.1) is 0 Å². The first-order valence-electron chi connectivity index (χ1n) is 5.81. The van der Waals surface area contributed by atoms with Crippen molar-refractivity contribution in [2.45, 2.75) is 45.9 Å². The van der Waals surface area contributed by atoms with Crippen LogP contribution in [0.1, 0.15) is 34.1 Å². The average molecular weight is 284 g/mol. The van der Waals surface area contributed by atoms with Gasteiger partial charge in [0.1, 0.15) is 5.60 Å². The van der Waals surface area contributed by atoms with Gasteiger partial charge >= 0.3 is 18.3 Å². The van der Waals surface area contributed by atoms with Gasteiger partial charge in [0.25, 0.3) is 0 Å². The highest BCUT2D eigenvalue weighted by Crippen LogP contribution is 2.20. The summed E-state index contributed by atoms with van der Waals surface area (Å²) in [6, 6.07) is -0.902. The van der Waals surface area contributed by atoms with Crippen LogP contribution in [-0.2, 0) is 4.74 Å². The minimum Gasteiger partial charge on any atom is -0.443 e. The molecule has 0 aliphatic heterocycles. The fourth-order valence-electron chi connectivity index (χ4n) is 1.08. The Hall–Kier alpha value is -1.47. The molecule has 0 bridgehead atoms. The Bertz CT molecular complexity index is 324. The molecular formula is C11H19F3N2O3. The van der Waals surface area contributed by atoms with Gasteiger partial charge in [-0.2, -0.15) is 13.2 Å². The van der Waals surface area contributed by atoms with E-state index in [1.54, 1.807) is 27.7 Å². The second kappa shape index (κ2) is 6.63. The molecule has 0 aliphatic rings. The highest BCUT2D eigenvalue weighted by molar-refractivity contribution is 5.90. The van der Waals surface area contributed by atoms with E-state index in [0.717, 1.165) is 0 Å². The number of amides is 3. The molecule has 0 atom stereocenters. The average Bonchev–Trinajstić information content (AvgIpc) is 2.13. The number of ether oxygens (including phenoxy) is 1. The highest BCUT2D eigenvalue weighted by Gasteiger charge is 2.33. The van der Waals surface area contributed by atoms with Crippen LogP contribution in [0.3, 0.4) is 0 Å². The van der Waals surface area contributed by atoms with E-state index in [2.05, 4.69) is 5.32 Å². The van der Waals surface area contributed by atoms with Gasteiger partial charge in [-0.25, -0.2) is 14.5 Å². The van der Waals surface area contributed by atoms with Crippen LogP contribution in [-0.4, -0.2) is 41.9 Å². The molecule has 19 heavy (non-hydrogen) atoms. The van der Waals surface area contributed by atoms with Gasteiger partial charge < -0.3 is 10.1 Å². The zero-order valence-corrected chi connectivity index (χ0v) is 11.4. The topological polar surface area (TPSA) is 58.6 Å². The van der Waals surface area contributed by atoms with Crippen LogP contribution < -0.4 is 5.32 Å². The maximum absolute atomic E-state index is 12.2. The van der Waals surface area contributed by atoms with E-state index < -0.39 is 36.9 Å². The Kier molecular flexibility index (Phi) is 6.11. The second-order valence-corrected chi connectivity index (χ2v) is 4.83. The molecule has 8 heteroatoms. The monoisotopic (exact) mass is 284 g/mol. The van der Waals surface area contributed by atoms with Gasteiger partial charge in [0.05, 0.1) is 6.42 Å². The fourth-order valence-corrected chi connectivity index (χ4v) is 1.08. The van der Waals surface area contributed by atoms with Crippen LogP contribution in [0.15, 0.2) is 0 Å². The summed E-state index contributed by atoms with van der Waals surface area (Å²) in [5.74, 6) is 0. The number of alkyl halides is 3. The third-order valence-corrected chi connectivity index (χ3v) is 1.81. The molecule has 0 spiro atoms. The minimum atomic E-state index is -4.45. The lowest BCUT2D eigenvalue weighted by atomic mass is 10.2. The third kappa shape index (κ3) is 8.28. The van der Waals surface area contributed by atoms with Crippen LogP contribution in [0.4, 0.5) is 22.8 Å². The van der Waals surface area contributed by atoms with E-state index in [9.17, 15) is 22.8 Å². The summed E-state index contributed by atoms with van der Waals surface area (Å²) in [6.45, 7) is 5.70. The molecular weight excluding hydrogens is 265 g/mol. The lowest BCUT2D eigenvalue weighted by molar-refractivity contribution is -0.136. The Balaban J connectivity index is 4.76. The molecule has 0 saturated carbocycles. The summed E-state index contributed by atoms with van der Waals surface area (Å²) in [5.41, 5.74) is -0.889. The molecule has 0 aromatic carbocycles. The number of carbonyl (C=O) groups is 2. The molecule has 112 valence electrons. The number of hydrogen-bond acceptors (Lipinski definition) is 3. The minimum absolute atomic E-state index is 0.199. The molecule has 0 aliphatic carbocycles. The molecule has 5 nitrogen and oxygen atoms in total. The molecule has 3 amide bonds. The number of nitrogens with zero attached hydrogens (tertiary/aromatic N) is 1. The van der Waals surface area contributed by atoms with E-state index in [-0.39, 0.29) is 6.54 Å². The van der Waals surface area contributed by atoms with Gasteiger partial charge in [-0.1, -0.05) is 0 Å². The first kappa shape index (κ1) is 17.5. The van der Waals surface area contributed by atoms with Gasteiger partial charge in [-0.3, -0.25) is 0 Å². The summed E-state index contributed by atoms with van der Waals surface area (Å²) in [4.78, 5) is 23.6. The predicted molar refractivity (Wildman–Crippen MR) is 62.7 cm³/mol. The van der Waals surface area contributed by atoms with Crippen molar-refractivity contribution >= 4 is 12.1 Å². The van der Waals surface area contributed by atoms with E-state index in [1.165, 1.54) is 0 Å². The molecule has 0 fully saturated rings. The van der Waals surface area contributed by atoms with Gasteiger partial charge in [0.2, 0.25) is 0 Å². The van der Waals surface area contributed by atoms with Gasteiger partial charge in [0.15, 0.2) is 0 Å². The quantitative estimate of drug-likeness (QED) is 0.867. The maximum atomic E-state index is 12.2. The number of nitrogens with one attached hydrogen (secondary N) is 1. The first-order chi connectivity index (χ1) is 8.46. The van der Waals surface area contributed by atoms with Crippen LogP contribution in [0.2, 0.25) is 0 Å². The van der Waals surface area contributed by atoms with Crippen molar-refractivity contribution in [2.75, 3.05) is 13.1 Å². The Morgan fingerprint density at radius 3 is 2.11 bits per heavy atom. The normalized spacial score (nSPS) is 11.9. The first-order valence-corrected chi connectivity index (χ1v) is 5.81. The molecule has 1 N–H and O–H groups in total. The van der Waals surface area contributed by atoms with Crippen molar-refractivity contribution in [1.82, 2.24) is 10.2 Å². The van der Waals surface area contributed by atoms with Gasteiger partial charge in [-0.05, 0) is 27.7 Å².